The summed E-state index contributed by atoms with van der Waals surface area (Å²) in [5, 5.41) is 0. The molecule has 1 aromatic carbocycles. The minimum Gasteiger partial charge on any atom is -0.294 e. The Bertz CT molecular complexity index is 657. The highest BCUT2D eigenvalue weighted by Gasteiger charge is 2.45. The number of carbonyl (C=O) groups excluding carboxylic acids is 1. The molecule has 1 saturated carbocycles. The summed E-state index contributed by atoms with van der Waals surface area (Å²) < 4.78 is 1.01. The Morgan fingerprint density at radius 3 is 2.33 bits per heavy atom. The molecule has 2 heteroatoms. The van der Waals surface area contributed by atoms with E-state index >= 15 is 0 Å². The second-order valence-electron chi connectivity index (χ2n) is 6.62. The normalized spacial score (nSPS) is 23.2. The first-order valence-electron chi connectivity index (χ1n) is 7.90. The Morgan fingerprint density at radius 1 is 1.00 bits per heavy atom. The molecule has 1 fully saturated rings. The fourth-order valence-electron chi connectivity index (χ4n) is 4.22. The van der Waals surface area contributed by atoms with Gasteiger partial charge >= 0.3 is 0 Å². The van der Waals surface area contributed by atoms with Crippen molar-refractivity contribution in [3.63, 3.8) is 0 Å². The molecule has 4 rings (SSSR count). The molecule has 0 saturated heterocycles. The van der Waals surface area contributed by atoms with Crippen LogP contribution in [0.2, 0.25) is 0 Å². The van der Waals surface area contributed by atoms with E-state index in [4.69, 9.17) is 0 Å². The average molecular weight is 343 g/mol. The largest absolute Gasteiger partial charge is 0.294 e. The summed E-state index contributed by atoms with van der Waals surface area (Å²) >= 11 is 3.50. The number of allylic oxidation sites excluding steroid dienone is 4. The highest BCUT2D eigenvalue weighted by molar-refractivity contribution is 9.10. The van der Waals surface area contributed by atoms with Crippen LogP contribution in [0, 0.1) is 5.41 Å². The van der Waals surface area contributed by atoms with E-state index in [0.29, 0.717) is 5.78 Å². The Balaban J connectivity index is 1.69. The lowest BCUT2D eigenvalue weighted by Crippen LogP contribution is -2.27. The van der Waals surface area contributed by atoms with Crippen molar-refractivity contribution in [3.05, 3.63) is 57.1 Å². The molecule has 21 heavy (non-hydrogen) atoms. The van der Waals surface area contributed by atoms with E-state index in [1.807, 2.05) is 6.07 Å². The molecule has 1 spiro atoms. The van der Waals surface area contributed by atoms with E-state index in [0.717, 1.165) is 42.1 Å². The van der Waals surface area contributed by atoms with Gasteiger partial charge in [-0.1, -0.05) is 34.1 Å². The predicted molar refractivity (Wildman–Crippen MR) is 88.5 cm³/mol. The van der Waals surface area contributed by atoms with Gasteiger partial charge in [-0.15, -0.1) is 0 Å². The highest BCUT2D eigenvalue weighted by Crippen LogP contribution is 2.49. The minimum absolute atomic E-state index is 0.137. The van der Waals surface area contributed by atoms with Crippen molar-refractivity contribution in [3.8, 4) is 0 Å². The molecule has 0 bridgehead atoms. The van der Waals surface area contributed by atoms with Gasteiger partial charge < -0.3 is 0 Å². The van der Waals surface area contributed by atoms with E-state index in [1.165, 1.54) is 29.6 Å². The van der Waals surface area contributed by atoms with Crippen LogP contribution in [-0.4, -0.2) is 5.78 Å². The van der Waals surface area contributed by atoms with Crippen molar-refractivity contribution in [2.45, 2.75) is 44.9 Å². The zero-order valence-electron chi connectivity index (χ0n) is 12.1. The molecular formula is C19H19BrO. The topological polar surface area (TPSA) is 17.1 Å². The third-order valence-electron chi connectivity index (χ3n) is 5.43. The smallest absolute Gasteiger partial charge is 0.169 e. The molecule has 0 aliphatic heterocycles. The summed E-state index contributed by atoms with van der Waals surface area (Å²) in [4.78, 5) is 13.0. The lowest BCUT2D eigenvalue weighted by atomic mass is 9.77. The summed E-state index contributed by atoms with van der Waals surface area (Å²) in [6.07, 6.45) is 12.3. The SMILES string of the molecule is O=C1c2cc(Br)ccc2CC12CCC1=CCCC=C1CC2. The molecular weight excluding hydrogens is 324 g/mol. The third-order valence-corrected chi connectivity index (χ3v) is 5.93. The van der Waals surface area contributed by atoms with Gasteiger partial charge in [-0.05, 0) is 73.8 Å². The molecule has 1 nitrogen and oxygen atoms in total. The first-order chi connectivity index (χ1) is 10.2. The van der Waals surface area contributed by atoms with Gasteiger partial charge in [0.05, 0.1) is 0 Å². The van der Waals surface area contributed by atoms with E-state index in [9.17, 15) is 4.79 Å². The Kier molecular flexibility index (Phi) is 3.18. The minimum atomic E-state index is -0.137. The molecule has 0 heterocycles. The number of hydrogen-bond donors (Lipinski definition) is 0. The quantitative estimate of drug-likeness (QED) is 0.617. The van der Waals surface area contributed by atoms with Gasteiger partial charge in [0.25, 0.3) is 0 Å². The monoisotopic (exact) mass is 342 g/mol. The van der Waals surface area contributed by atoms with Gasteiger partial charge in [0.15, 0.2) is 5.78 Å². The zero-order valence-corrected chi connectivity index (χ0v) is 13.7. The van der Waals surface area contributed by atoms with Crippen LogP contribution in [0.5, 0.6) is 0 Å². The maximum Gasteiger partial charge on any atom is 0.169 e. The third kappa shape index (κ3) is 2.15. The molecule has 0 atom stereocenters. The second-order valence-corrected chi connectivity index (χ2v) is 7.54. The van der Waals surface area contributed by atoms with Crippen molar-refractivity contribution < 1.29 is 4.79 Å². The fourth-order valence-corrected chi connectivity index (χ4v) is 4.59. The first-order valence-corrected chi connectivity index (χ1v) is 8.69. The number of halogens is 1. The number of rotatable bonds is 0. The molecule has 0 N–H and O–H groups in total. The maximum absolute atomic E-state index is 13.0. The lowest BCUT2D eigenvalue weighted by Gasteiger charge is -2.25. The zero-order chi connectivity index (χ0) is 14.4. The molecule has 3 aliphatic rings. The summed E-state index contributed by atoms with van der Waals surface area (Å²) in [6, 6.07) is 6.21. The number of ketones is 1. The number of fused-ring (bicyclic) bond motifs is 2. The van der Waals surface area contributed by atoms with E-state index in [2.05, 4.69) is 40.2 Å². The van der Waals surface area contributed by atoms with Crippen LogP contribution >= 0.6 is 15.9 Å². The number of carbonyl (C=O) groups is 1. The van der Waals surface area contributed by atoms with Gasteiger partial charge in [0, 0.05) is 15.5 Å². The van der Waals surface area contributed by atoms with E-state index in [-0.39, 0.29) is 5.41 Å². The molecule has 0 aromatic heterocycles. The summed E-state index contributed by atoms with van der Waals surface area (Å²) in [5.41, 5.74) is 5.10. The summed E-state index contributed by atoms with van der Waals surface area (Å²) in [7, 11) is 0. The molecule has 0 radical (unpaired) electrons. The van der Waals surface area contributed by atoms with E-state index in [1.54, 1.807) is 0 Å². The number of benzene rings is 1. The molecule has 0 unspecified atom stereocenters. The Labute approximate surface area is 134 Å². The van der Waals surface area contributed by atoms with Crippen LogP contribution in [0.25, 0.3) is 0 Å². The van der Waals surface area contributed by atoms with Crippen LogP contribution < -0.4 is 0 Å². The van der Waals surface area contributed by atoms with Crippen molar-refractivity contribution in [2.24, 2.45) is 5.41 Å². The average Bonchev–Trinajstić information content (AvgIpc) is 2.66. The van der Waals surface area contributed by atoms with Crippen LogP contribution in [0.1, 0.15) is 54.4 Å². The Morgan fingerprint density at radius 2 is 1.67 bits per heavy atom. The molecule has 3 aliphatic carbocycles. The summed E-state index contributed by atoms with van der Waals surface area (Å²) in [5.74, 6) is 0.388. The predicted octanol–water partition coefficient (Wildman–Crippen LogP) is 5.39. The van der Waals surface area contributed by atoms with Gasteiger partial charge in [-0.2, -0.15) is 0 Å². The Hall–Kier alpha value is -1.15. The number of Topliss-reactive ketones (excluding diaryl/α,β-unsaturated/α-hetero) is 1. The first kappa shape index (κ1) is 13.5. The van der Waals surface area contributed by atoms with Crippen molar-refractivity contribution in [2.75, 3.05) is 0 Å². The molecule has 0 amide bonds. The van der Waals surface area contributed by atoms with Crippen LogP contribution in [0.3, 0.4) is 0 Å². The second kappa shape index (κ2) is 4.95. The molecule has 1 aromatic rings. The fraction of sp³-hybridized carbons (Fsp3) is 0.421. The van der Waals surface area contributed by atoms with Crippen LogP contribution in [0.4, 0.5) is 0 Å². The van der Waals surface area contributed by atoms with Crippen LogP contribution in [0.15, 0.2) is 46.0 Å². The maximum atomic E-state index is 13.0. The van der Waals surface area contributed by atoms with Crippen LogP contribution in [-0.2, 0) is 6.42 Å². The van der Waals surface area contributed by atoms with Gasteiger partial charge in [0.2, 0.25) is 0 Å². The van der Waals surface area contributed by atoms with Gasteiger partial charge in [0.1, 0.15) is 0 Å². The lowest BCUT2D eigenvalue weighted by molar-refractivity contribution is 0.0795. The van der Waals surface area contributed by atoms with Crippen molar-refractivity contribution in [1.29, 1.82) is 0 Å². The standard InChI is InChI=1S/C19H19BrO/c20-16-6-5-15-12-19(18(21)17(15)11-16)9-7-13-3-1-2-4-14(13)8-10-19/h3-6,11H,1-2,7-10,12H2. The highest BCUT2D eigenvalue weighted by atomic mass is 79.9. The van der Waals surface area contributed by atoms with Crippen molar-refractivity contribution >= 4 is 21.7 Å². The van der Waals surface area contributed by atoms with Gasteiger partial charge in [-0.3, -0.25) is 4.79 Å². The van der Waals surface area contributed by atoms with Gasteiger partial charge in [-0.25, -0.2) is 0 Å². The number of hydrogen-bond acceptors (Lipinski definition) is 1. The van der Waals surface area contributed by atoms with E-state index < -0.39 is 0 Å². The molecule has 108 valence electrons. The summed E-state index contributed by atoms with van der Waals surface area (Å²) in [6.45, 7) is 0. The van der Waals surface area contributed by atoms with Crippen molar-refractivity contribution in [1.82, 2.24) is 0 Å².